The van der Waals surface area contributed by atoms with Crippen molar-refractivity contribution >= 4 is 27.7 Å². The maximum Gasteiger partial charge on any atom is 0.337 e. The number of carbonyl (C=O) groups excluding carboxylic acids is 1. The summed E-state index contributed by atoms with van der Waals surface area (Å²) < 4.78 is 6.07. The molecule has 0 radical (unpaired) electrons. The Hall–Kier alpha value is -2.87. The molecular formula is C18H16BrN3O4. The van der Waals surface area contributed by atoms with Gasteiger partial charge in [-0.05, 0) is 24.6 Å². The summed E-state index contributed by atoms with van der Waals surface area (Å²) in [4.78, 5) is 41.6. The molecule has 1 aromatic heterocycles. The van der Waals surface area contributed by atoms with Gasteiger partial charge in [-0.15, -0.1) is 0 Å². The van der Waals surface area contributed by atoms with Crippen molar-refractivity contribution < 1.29 is 9.53 Å². The summed E-state index contributed by atoms with van der Waals surface area (Å²) in [6.07, 6.45) is 1.47. The van der Waals surface area contributed by atoms with Gasteiger partial charge >= 0.3 is 11.7 Å². The molecule has 1 aromatic carbocycles. The minimum Gasteiger partial charge on any atom is -0.458 e. The van der Waals surface area contributed by atoms with Crippen LogP contribution in [0.2, 0.25) is 0 Å². The number of aromatic nitrogens is 2. The lowest BCUT2D eigenvalue weighted by molar-refractivity contribution is -0.138. The van der Waals surface area contributed by atoms with Gasteiger partial charge in [0.1, 0.15) is 12.4 Å². The van der Waals surface area contributed by atoms with Crippen molar-refractivity contribution in [1.82, 2.24) is 9.97 Å². The van der Waals surface area contributed by atoms with Crippen LogP contribution in [0.4, 0.5) is 5.82 Å². The van der Waals surface area contributed by atoms with E-state index in [1.807, 2.05) is 24.3 Å². The Labute approximate surface area is 156 Å². The highest BCUT2D eigenvalue weighted by Gasteiger charge is 2.35. The zero-order valence-electron chi connectivity index (χ0n) is 13.9. The lowest BCUT2D eigenvalue weighted by Crippen LogP contribution is -2.35. The van der Waals surface area contributed by atoms with E-state index in [2.05, 4.69) is 37.8 Å². The summed E-state index contributed by atoms with van der Waals surface area (Å²) in [6, 6.07) is 7.25. The van der Waals surface area contributed by atoms with Gasteiger partial charge in [0.25, 0.3) is 5.56 Å². The van der Waals surface area contributed by atoms with Crippen LogP contribution in [-0.4, -0.2) is 22.5 Å². The number of aromatic amines is 2. The molecule has 26 heavy (non-hydrogen) atoms. The van der Waals surface area contributed by atoms with Crippen LogP contribution in [0, 0.1) is 0 Å². The predicted molar refractivity (Wildman–Crippen MR) is 101 cm³/mol. The third-order valence-electron chi connectivity index (χ3n) is 4.03. The number of fused-ring (bicyclic) bond motifs is 1. The number of carbonyl (C=O) groups is 1. The molecule has 2 heterocycles. The van der Waals surface area contributed by atoms with Gasteiger partial charge in [0.05, 0.1) is 17.1 Å². The summed E-state index contributed by atoms with van der Waals surface area (Å²) in [7, 11) is 0. The van der Waals surface area contributed by atoms with E-state index in [0.717, 1.165) is 10.0 Å². The lowest BCUT2D eigenvalue weighted by Gasteiger charge is -2.28. The van der Waals surface area contributed by atoms with Crippen molar-refractivity contribution in [2.45, 2.75) is 12.8 Å². The topological polar surface area (TPSA) is 104 Å². The zero-order valence-corrected chi connectivity index (χ0v) is 15.5. The Morgan fingerprint density at radius 1 is 1.27 bits per heavy atom. The summed E-state index contributed by atoms with van der Waals surface area (Å²) >= 11 is 3.37. The Morgan fingerprint density at radius 2 is 1.96 bits per heavy atom. The number of halogens is 1. The molecule has 0 bridgehead atoms. The van der Waals surface area contributed by atoms with Gasteiger partial charge in [0.15, 0.2) is 0 Å². The van der Waals surface area contributed by atoms with Crippen molar-refractivity contribution in [1.29, 1.82) is 0 Å². The Morgan fingerprint density at radius 3 is 2.62 bits per heavy atom. The second-order valence-corrected chi connectivity index (χ2v) is 6.65. The lowest BCUT2D eigenvalue weighted by atomic mass is 9.82. The number of H-pyrrole nitrogens is 2. The number of benzene rings is 1. The van der Waals surface area contributed by atoms with E-state index in [0.29, 0.717) is 11.3 Å². The van der Waals surface area contributed by atoms with Crippen molar-refractivity contribution in [3.8, 4) is 0 Å². The van der Waals surface area contributed by atoms with Gasteiger partial charge in [-0.3, -0.25) is 14.8 Å². The molecule has 0 aliphatic carbocycles. The summed E-state index contributed by atoms with van der Waals surface area (Å²) in [5.74, 6) is -0.972. The Balaban J connectivity index is 2.23. The quantitative estimate of drug-likeness (QED) is 0.523. The molecule has 0 saturated heterocycles. The maximum atomic E-state index is 12.6. The first-order valence-corrected chi connectivity index (χ1v) is 8.59. The van der Waals surface area contributed by atoms with Gasteiger partial charge < -0.3 is 10.1 Å². The van der Waals surface area contributed by atoms with Crippen LogP contribution >= 0.6 is 15.9 Å². The first kappa shape index (κ1) is 17.9. The van der Waals surface area contributed by atoms with Crippen LogP contribution in [0.1, 0.15) is 24.0 Å². The monoisotopic (exact) mass is 417 g/mol. The molecule has 1 aliphatic heterocycles. The molecule has 0 spiro atoms. The van der Waals surface area contributed by atoms with Gasteiger partial charge in [-0.2, -0.15) is 0 Å². The largest absolute Gasteiger partial charge is 0.458 e. The van der Waals surface area contributed by atoms with Crippen molar-refractivity contribution in [2.24, 2.45) is 0 Å². The number of nitrogens with one attached hydrogen (secondary N) is 3. The number of allylic oxidation sites excluding steroid dienone is 1. The van der Waals surface area contributed by atoms with E-state index in [1.165, 1.54) is 6.08 Å². The SMILES string of the molecule is C=CCOC(=O)C1=C(C)Nc2[nH]c(=O)[nH]c(=O)c2[C@@H]1c1ccc(Br)cc1. The Kier molecular flexibility index (Phi) is 4.94. The normalized spacial score (nSPS) is 15.8. The fourth-order valence-corrected chi connectivity index (χ4v) is 3.22. The minimum absolute atomic E-state index is 0.0531. The molecule has 0 saturated carbocycles. The number of rotatable bonds is 4. The predicted octanol–water partition coefficient (Wildman–Crippen LogP) is 2.39. The maximum absolute atomic E-state index is 12.6. The third kappa shape index (κ3) is 3.28. The second-order valence-electron chi connectivity index (χ2n) is 5.73. The second kappa shape index (κ2) is 7.17. The number of esters is 1. The fraction of sp³-hybridized carbons (Fsp3) is 0.167. The minimum atomic E-state index is -0.683. The van der Waals surface area contributed by atoms with E-state index in [4.69, 9.17) is 4.74 Å². The molecule has 3 N–H and O–H groups in total. The number of anilines is 1. The molecular weight excluding hydrogens is 402 g/mol. The zero-order chi connectivity index (χ0) is 18.8. The standard InChI is InChI=1S/C18H16BrN3O4/c1-3-8-26-17(24)12-9(2)20-15-14(16(23)22-18(25)21-15)13(12)10-4-6-11(19)7-5-10/h3-7,13H,1,8H2,2H3,(H3,20,21,22,23,25)/t13-/m1/s1. The van der Waals surface area contributed by atoms with Crippen LogP contribution in [0.5, 0.6) is 0 Å². The number of hydrogen-bond acceptors (Lipinski definition) is 5. The van der Waals surface area contributed by atoms with Crippen molar-refractivity contribution in [3.05, 3.63) is 84.6 Å². The molecule has 0 fully saturated rings. The Bertz CT molecular complexity index is 1020. The highest BCUT2D eigenvalue weighted by atomic mass is 79.9. The average molecular weight is 418 g/mol. The molecule has 1 atom stereocenters. The molecule has 3 rings (SSSR count). The van der Waals surface area contributed by atoms with E-state index < -0.39 is 23.1 Å². The first-order valence-electron chi connectivity index (χ1n) is 7.80. The molecule has 1 aliphatic rings. The van der Waals surface area contributed by atoms with Crippen LogP contribution in [0.3, 0.4) is 0 Å². The molecule has 0 unspecified atom stereocenters. The average Bonchev–Trinajstić information content (AvgIpc) is 2.59. The molecule has 2 aromatic rings. The third-order valence-corrected chi connectivity index (χ3v) is 4.56. The highest BCUT2D eigenvalue weighted by Crippen LogP contribution is 2.39. The van der Waals surface area contributed by atoms with Crippen molar-refractivity contribution in [2.75, 3.05) is 11.9 Å². The molecule has 8 heteroatoms. The van der Waals surface area contributed by atoms with Gasteiger partial charge in [-0.25, -0.2) is 9.59 Å². The van der Waals surface area contributed by atoms with E-state index in [9.17, 15) is 14.4 Å². The smallest absolute Gasteiger partial charge is 0.337 e. The van der Waals surface area contributed by atoms with E-state index in [1.54, 1.807) is 6.92 Å². The number of ether oxygens (including phenoxy) is 1. The first-order chi connectivity index (χ1) is 12.4. The van der Waals surface area contributed by atoms with Gasteiger partial charge in [-0.1, -0.05) is 40.7 Å². The molecule has 7 nitrogen and oxygen atoms in total. The fourth-order valence-electron chi connectivity index (χ4n) is 2.96. The van der Waals surface area contributed by atoms with Crippen LogP contribution in [0.15, 0.2) is 62.3 Å². The van der Waals surface area contributed by atoms with Gasteiger partial charge in [0.2, 0.25) is 0 Å². The van der Waals surface area contributed by atoms with Crippen LogP contribution < -0.4 is 16.6 Å². The van der Waals surface area contributed by atoms with Crippen LogP contribution in [0.25, 0.3) is 0 Å². The van der Waals surface area contributed by atoms with Crippen molar-refractivity contribution in [3.63, 3.8) is 0 Å². The summed E-state index contributed by atoms with van der Waals surface area (Å²) in [5.41, 5.74) is 0.591. The highest BCUT2D eigenvalue weighted by molar-refractivity contribution is 9.10. The van der Waals surface area contributed by atoms with Crippen LogP contribution in [-0.2, 0) is 9.53 Å². The van der Waals surface area contributed by atoms with E-state index >= 15 is 0 Å². The summed E-state index contributed by atoms with van der Waals surface area (Å²) in [6.45, 7) is 5.28. The summed E-state index contributed by atoms with van der Waals surface area (Å²) in [5, 5.41) is 2.93. The number of hydrogen-bond donors (Lipinski definition) is 3. The van der Waals surface area contributed by atoms with Gasteiger partial charge in [0, 0.05) is 10.2 Å². The molecule has 134 valence electrons. The van der Waals surface area contributed by atoms with E-state index in [-0.39, 0.29) is 18.0 Å². The molecule has 0 amide bonds.